The molecule has 1 amide bonds. The summed E-state index contributed by atoms with van der Waals surface area (Å²) in [6, 6.07) is 3.32. The molecular formula is C16H21N5O2S. The number of aromatic nitrogens is 3. The van der Waals surface area contributed by atoms with Gasteiger partial charge in [-0.15, -0.1) is 0 Å². The van der Waals surface area contributed by atoms with Crippen LogP contribution in [0.1, 0.15) is 18.2 Å². The van der Waals surface area contributed by atoms with Crippen LogP contribution in [0.15, 0.2) is 34.5 Å². The van der Waals surface area contributed by atoms with Crippen molar-refractivity contribution in [1.82, 2.24) is 20.3 Å². The van der Waals surface area contributed by atoms with Crippen molar-refractivity contribution in [3.63, 3.8) is 0 Å². The molecule has 2 rings (SSSR count). The van der Waals surface area contributed by atoms with E-state index in [1.54, 1.807) is 26.2 Å². The molecule has 0 spiro atoms. The zero-order chi connectivity index (χ0) is 17.5. The first-order valence-electron chi connectivity index (χ1n) is 7.62. The van der Waals surface area contributed by atoms with Crippen LogP contribution in [0.3, 0.4) is 0 Å². The quantitative estimate of drug-likeness (QED) is 0.399. The summed E-state index contributed by atoms with van der Waals surface area (Å²) in [5.41, 5.74) is 2.48. The Bertz CT molecular complexity index is 762. The van der Waals surface area contributed by atoms with Gasteiger partial charge in [-0.1, -0.05) is 11.8 Å². The Morgan fingerprint density at radius 3 is 2.88 bits per heavy atom. The highest BCUT2D eigenvalue weighted by Gasteiger charge is 2.15. The van der Waals surface area contributed by atoms with E-state index in [0.717, 1.165) is 11.3 Å². The summed E-state index contributed by atoms with van der Waals surface area (Å²) in [6.45, 7) is 6.62. The van der Waals surface area contributed by atoms with E-state index in [-0.39, 0.29) is 16.7 Å². The van der Waals surface area contributed by atoms with Crippen molar-refractivity contribution in [1.29, 1.82) is 0 Å². The molecule has 0 aliphatic heterocycles. The largest absolute Gasteiger partial charge is 0.383 e. The van der Waals surface area contributed by atoms with Crippen molar-refractivity contribution >= 4 is 23.4 Å². The normalized spacial score (nSPS) is 11.8. The molecule has 0 radical (unpaired) electrons. The van der Waals surface area contributed by atoms with E-state index in [9.17, 15) is 9.59 Å². The minimum Gasteiger partial charge on any atom is -0.383 e. The molecule has 7 nitrogen and oxygen atoms in total. The number of nitrogens with zero attached hydrogens (tertiary/aromatic N) is 2. The lowest BCUT2D eigenvalue weighted by Gasteiger charge is -2.13. The first-order chi connectivity index (χ1) is 11.5. The summed E-state index contributed by atoms with van der Waals surface area (Å²) in [7, 11) is 0. The third kappa shape index (κ3) is 5.38. The molecule has 0 bridgehead atoms. The second-order valence-corrected chi connectivity index (χ2v) is 6.69. The fraction of sp³-hybridized carbons (Fsp3) is 0.375. The highest BCUT2D eigenvalue weighted by atomic mass is 32.2. The van der Waals surface area contributed by atoms with Gasteiger partial charge in [0.05, 0.1) is 5.25 Å². The number of carbonyl (C=O) groups excluding carboxylic acids is 1. The van der Waals surface area contributed by atoms with Crippen molar-refractivity contribution < 1.29 is 4.79 Å². The average Bonchev–Trinajstić information content (AvgIpc) is 2.51. The molecule has 0 aliphatic carbocycles. The number of pyridine rings is 1. The van der Waals surface area contributed by atoms with Crippen LogP contribution in [0.2, 0.25) is 0 Å². The van der Waals surface area contributed by atoms with Gasteiger partial charge in [-0.25, -0.2) is 4.98 Å². The summed E-state index contributed by atoms with van der Waals surface area (Å²) in [4.78, 5) is 34.4. The number of hydrogen-bond donors (Lipinski definition) is 3. The Kier molecular flexibility index (Phi) is 6.36. The number of aromatic amines is 1. The first-order valence-corrected chi connectivity index (χ1v) is 8.50. The number of nitrogens with one attached hydrogen (secondary N) is 3. The van der Waals surface area contributed by atoms with E-state index >= 15 is 0 Å². The molecule has 24 heavy (non-hydrogen) atoms. The van der Waals surface area contributed by atoms with Crippen LogP contribution in [0.4, 0.5) is 5.69 Å². The molecule has 0 unspecified atom stereocenters. The Balaban J connectivity index is 1.77. The molecule has 1 atom stereocenters. The predicted octanol–water partition coefficient (Wildman–Crippen LogP) is 1.49. The monoisotopic (exact) mass is 347 g/mol. The van der Waals surface area contributed by atoms with Crippen LogP contribution < -0.4 is 16.2 Å². The molecule has 0 fully saturated rings. The molecular weight excluding hydrogens is 326 g/mol. The SMILES string of the molecule is Cc1cc(=O)[nH]c(S[C@H](C)C(=O)NCCNc2ccncc2C)n1. The van der Waals surface area contributed by atoms with Crippen molar-refractivity contribution in [3.05, 3.63) is 46.1 Å². The van der Waals surface area contributed by atoms with Crippen molar-refractivity contribution in [2.45, 2.75) is 31.2 Å². The smallest absolute Gasteiger partial charge is 0.251 e. The Labute approximate surface area is 144 Å². The van der Waals surface area contributed by atoms with Gasteiger partial charge in [-0.3, -0.25) is 14.6 Å². The second-order valence-electron chi connectivity index (χ2n) is 5.36. The van der Waals surface area contributed by atoms with Crippen LogP contribution in [-0.4, -0.2) is 39.2 Å². The fourth-order valence-electron chi connectivity index (χ4n) is 2.03. The standard InChI is InChI=1S/C16H21N5O2S/c1-10-9-17-5-4-13(10)18-6-7-19-15(23)12(3)24-16-20-11(2)8-14(22)21-16/h4-5,8-9,12H,6-7H2,1-3H3,(H,17,18)(H,19,23)(H,20,21,22)/t12-/m1/s1. The van der Waals surface area contributed by atoms with Crippen LogP contribution >= 0.6 is 11.8 Å². The summed E-state index contributed by atoms with van der Waals surface area (Å²) >= 11 is 1.23. The van der Waals surface area contributed by atoms with Crippen LogP contribution in [0, 0.1) is 13.8 Å². The number of anilines is 1. The van der Waals surface area contributed by atoms with Gasteiger partial charge in [0.25, 0.3) is 5.56 Å². The third-order valence-electron chi connectivity index (χ3n) is 3.27. The van der Waals surface area contributed by atoms with E-state index in [4.69, 9.17) is 0 Å². The lowest BCUT2D eigenvalue weighted by molar-refractivity contribution is -0.120. The van der Waals surface area contributed by atoms with Gasteiger partial charge in [0.2, 0.25) is 5.91 Å². The van der Waals surface area contributed by atoms with Gasteiger partial charge in [-0.2, -0.15) is 0 Å². The molecule has 0 saturated heterocycles. The van der Waals surface area contributed by atoms with Crippen LogP contribution in [0.25, 0.3) is 0 Å². The second kappa shape index (κ2) is 8.49. The van der Waals surface area contributed by atoms with Gasteiger partial charge in [-0.05, 0) is 32.4 Å². The molecule has 3 N–H and O–H groups in total. The molecule has 128 valence electrons. The highest BCUT2D eigenvalue weighted by molar-refractivity contribution is 8.00. The minimum absolute atomic E-state index is 0.0996. The van der Waals surface area contributed by atoms with E-state index < -0.39 is 0 Å². The van der Waals surface area contributed by atoms with E-state index in [1.165, 1.54) is 17.8 Å². The minimum atomic E-state index is -0.349. The fourth-order valence-corrected chi connectivity index (χ4v) is 2.91. The maximum absolute atomic E-state index is 12.1. The van der Waals surface area contributed by atoms with E-state index in [1.807, 2.05) is 13.0 Å². The maximum Gasteiger partial charge on any atom is 0.251 e. The number of thioether (sulfide) groups is 1. The van der Waals surface area contributed by atoms with Crippen molar-refractivity contribution in [3.8, 4) is 0 Å². The molecule has 0 aliphatic rings. The zero-order valence-corrected chi connectivity index (χ0v) is 14.7. The highest BCUT2D eigenvalue weighted by Crippen LogP contribution is 2.18. The summed E-state index contributed by atoms with van der Waals surface area (Å²) < 4.78 is 0. The third-order valence-corrected chi connectivity index (χ3v) is 4.25. The predicted molar refractivity (Wildman–Crippen MR) is 95.4 cm³/mol. The maximum atomic E-state index is 12.1. The van der Waals surface area contributed by atoms with E-state index in [2.05, 4.69) is 25.6 Å². The summed E-state index contributed by atoms with van der Waals surface area (Å²) in [6.07, 6.45) is 3.51. The van der Waals surface area contributed by atoms with Crippen molar-refractivity contribution in [2.75, 3.05) is 18.4 Å². The van der Waals surface area contributed by atoms with Gasteiger partial charge >= 0.3 is 0 Å². The number of carbonyl (C=O) groups is 1. The molecule has 2 aromatic heterocycles. The zero-order valence-electron chi connectivity index (χ0n) is 13.9. The lowest BCUT2D eigenvalue weighted by atomic mass is 10.2. The number of H-pyrrole nitrogens is 1. The summed E-state index contributed by atoms with van der Waals surface area (Å²) in [5.74, 6) is -0.0996. The average molecular weight is 347 g/mol. The van der Waals surface area contributed by atoms with Crippen molar-refractivity contribution in [2.24, 2.45) is 0 Å². The number of amides is 1. The van der Waals surface area contributed by atoms with Gasteiger partial charge < -0.3 is 15.6 Å². The topological polar surface area (TPSA) is 99.8 Å². The van der Waals surface area contributed by atoms with Gasteiger partial charge in [0, 0.05) is 42.9 Å². The molecule has 2 heterocycles. The Morgan fingerprint density at radius 2 is 2.17 bits per heavy atom. The number of aryl methyl sites for hydroxylation is 2. The number of hydrogen-bond acceptors (Lipinski definition) is 6. The Morgan fingerprint density at radius 1 is 1.38 bits per heavy atom. The summed E-state index contributed by atoms with van der Waals surface area (Å²) in [5, 5.41) is 6.22. The molecule has 8 heteroatoms. The molecule has 0 saturated carbocycles. The van der Waals surface area contributed by atoms with E-state index in [0.29, 0.717) is 23.9 Å². The van der Waals surface area contributed by atoms with Crippen LogP contribution in [0.5, 0.6) is 0 Å². The van der Waals surface area contributed by atoms with Gasteiger partial charge in [0.15, 0.2) is 5.16 Å². The molecule has 0 aromatic carbocycles. The first kappa shape index (κ1) is 18.0. The van der Waals surface area contributed by atoms with Gasteiger partial charge in [0.1, 0.15) is 0 Å². The molecule has 2 aromatic rings. The number of rotatable bonds is 7. The lowest BCUT2D eigenvalue weighted by Crippen LogP contribution is -2.34. The Hall–Kier alpha value is -2.35. The van der Waals surface area contributed by atoms with Crippen LogP contribution in [-0.2, 0) is 4.79 Å².